The predicted molar refractivity (Wildman–Crippen MR) is 87.5 cm³/mol. The van der Waals surface area contributed by atoms with Crippen molar-refractivity contribution in [2.45, 2.75) is 30.7 Å². The first-order valence-corrected chi connectivity index (χ1v) is 9.49. The molecule has 24 heavy (non-hydrogen) atoms. The highest BCUT2D eigenvalue weighted by Gasteiger charge is 2.44. The molecule has 0 radical (unpaired) electrons. The van der Waals surface area contributed by atoms with Gasteiger partial charge in [0, 0.05) is 31.5 Å². The number of amides is 2. The molecule has 0 unspecified atom stereocenters. The molecule has 3 N–H and O–H groups in total. The normalized spacial score (nSPS) is 24.0. The quantitative estimate of drug-likeness (QED) is 0.814. The third-order valence-corrected chi connectivity index (χ3v) is 5.59. The summed E-state index contributed by atoms with van der Waals surface area (Å²) < 4.78 is 22.9. The van der Waals surface area contributed by atoms with Gasteiger partial charge in [-0.05, 0) is 37.0 Å². The number of primary sulfonamides is 1. The summed E-state index contributed by atoms with van der Waals surface area (Å²) >= 11 is 0. The van der Waals surface area contributed by atoms with Crippen LogP contribution in [0.15, 0.2) is 29.2 Å². The van der Waals surface area contributed by atoms with Crippen LogP contribution in [0.4, 0.5) is 0 Å². The van der Waals surface area contributed by atoms with Crippen molar-refractivity contribution < 1.29 is 18.0 Å². The van der Waals surface area contributed by atoms with Crippen LogP contribution < -0.4 is 10.5 Å². The Balaban J connectivity index is 1.79. The minimum Gasteiger partial charge on any atom is -0.351 e. The first kappa shape index (κ1) is 16.9. The molecule has 1 aromatic carbocycles. The summed E-state index contributed by atoms with van der Waals surface area (Å²) in [4.78, 5) is 25.7. The van der Waals surface area contributed by atoms with Gasteiger partial charge in [-0.15, -0.1) is 0 Å². The molecule has 1 heterocycles. The van der Waals surface area contributed by atoms with Crippen LogP contribution in [0, 0.1) is 11.8 Å². The van der Waals surface area contributed by atoms with Gasteiger partial charge in [-0.2, -0.15) is 0 Å². The molecule has 8 heteroatoms. The monoisotopic (exact) mass is 351 g/mol. The van der Waals surface area contributed by atoms with E-state index in [-0.39, 0.29) is 28.7 Å². The van der Waals surface area contributed by atoms with Gasteiger partial charge in [-0.3, -0.25) is 9.59 Å². The second-order valence-electron chi connectivity index (χ2n) is 6.59. The average molecular weight is 351 g/mol. The van der Waals surface area contributed by atoms with Gasteiger partial charge in [-0.25, -0.2) is 13.6 Å². The zero-order valence-corrected chi connectivity index (χ0v) is 14.3. The van der Waals surface area contributed by atoms with E-state index in [2.05, 4.69) is 5.32 Å². The minimum atomic E-state index is -3.85. The largest absolute Gasteiger partial charge is 0.351 e. The highest BCUT2D eigenvalue weighted by atomic mass is 32.2. The second-order valence-corrected chi connectivity index (χ2v) is 8.15. The van der Waals surface area contributed by atoms with E-state index >= 15 is 0 Å². The molecule has 7 nitrogen and oxygen atoms in total. The molecule has 1 aliphatic carbocycles. The van der Waals surface area contributed by atoms with Gasteiger partial charge >= 0.3 is 0 Å². The maximum atomic E-state index is 12.7. The van der Waals surface area contributed by atoms with E-state index in [1.165, 1.54) is 25.1 Å². The van der Waals surface area contributed by atoms with E-state index in [0.29, 0.717) is 24.6 Å². The lowest BCUT2D eigenvalue weighted by Crippen LogP contribution is -2.40. The maximum absolute atomic E-state index is 12.7. The number of likely N-dealkylation sites (tertiary alicyclic amines) is 1. The van der Waals surface area contributed by atoms with Crippen LogP contribution in [0.2, 0.25) is 0 Å². The fourth-order valence-electron chi connectivity index (χ4n) is 3.40. The lowest BCUT2D eigenvalue weighted by Gasteiger charge is -2.17. The number of carbonyl (C=O) groups excluding carboxylic acids is 2. The number of rotatable bonds is 4. The molecule has 0 bridgehead atoms. The lowest BCUT2D eigenvalue weighted by atomic mass is 9.98. The van der Waals surface area contributed by atoms with Crippen molar-refractivity contribution >= 4 is 21.8 Å². The molecule has 2 aliphatic rings. The topological polar surface area (TPSA) is 110 Å². The number of hydrogen-bond donors (Lipinski definition) is 2. The molecule has 3 rings (SSSR count). The first-order chi connectivity index (χ1) is 11.3. The number of benzene rings is 1. The molecule has 2 atom stereocenters. The van der Waals surface area contributed by atoms with Crippen molar-refractivity contribution in [1.29, 1.82) is 0 Å². The van der Waals surface area contributed by atoms with Crippen LogP contribution in [-0.2, 0) is 14.8 Å². The van der Waals surface area contributed by atoms with Gasteiger partial charge in [0.05, 0.1) is 10.9 Å². The predicted octanol–water partition coefficient (Wildman–Crippen LogP) is 0.321. The van der Waals surface area contributed by atoms with Crippen LogP contribution in [-0.4, -0.2) is 44.3 Å². The average Bonchev–Trinajstić information content (AvgIpc) is 3.27. The Bertz CT molecular complexity index is 773. The maximum Gasteiger partial charge on any atom is 0.253 e. The zero-order chi connectivity index (χ0) is 17.5. The number of hydrogen-bond acceptors (Lipinski definition) is 4. The summed E-state index contributed by atoms with van der Waals surface area (Å²) in [6.45, 7) is 2.50. The Labute approximate surface area is 141 Å². The van der Waals surface area contributed by atoms with E-state index in [0.717, 1.165) is 12.8 Å². The van der Waals surface area contributed by atoms with Crippen molar-refractivity contribution in [2.24, 2.45) is 17.0 Å². The summed E-state index contributed by atoms with van der Waals surface area (Å²) in [5.74, 6) is 0.477. The van der Waals surface area contributed by atoms with Crippen LogP contribution in [0.1, 0.15) is 30.1 Å². The number of nitrogens with one attached hydrogen (secondary N) is 1. The fraction of sp³-hybridized carbons (Fsp3) is 0.500. The van der Waals surface area contributed by atoms with Crippen molar-refractivity contribution in [3.8, 4) is 0 Å². The van der Waals surface area contributed by atoms with E-state index < -0.39 is 10.0 Å². The van der Waals surface area contributed by atoms with Gasteiger partial charge in [0.15, 0.2) is 0 Å². The summed E-state index contributed by atoms with van der Waals surface area (Å²) in [5, 5.41) is 8.06. The molecule has 130 valence electrons. The van der Waals surface area contributed by atoms with E-state index in [9.17, 15) is 18.0 Å². The smallest absolute Gasteiger partial charge is 0.253 e. The van der Waals surface area contributed by atoms with Gasteiger partial charge in [-0.1, -0.05) is 6.07 Å². The summed E-state index contributed by atoms with van der Waals surface area (Å²) in [6, 6.07) is 5.71. The molecule has 1 saturated carbocycles. The van der Waals surface area contributed by atoms with Gasteiger partial charge in [0.1, 0.15) is 0 Å². The summed E-state index contributed by atoms with van der Waals surface area (Å²) in [6.07, 6.45) is 2.26. The van der Waals surface area contributed by atoms with E-state index in [1.807, 2.05) is 0 Å². The number of nitrogens with two attached hydrogens (primary N) is 1. The second kappa shape index (κ2) is 6.18. The van der Waals surface area contributed by atoms with Crippen LogP contribution in [0.3, 0.4) is 0 Å². The molecule has 1 saturated heterocycles. The SMILES string of the molecule is CC(=O)N[C@H]1CN(C(=O)c2cccc(S(N)(=O)=O)c2)C[C@@H]1C1CC1. The summed E-state index contributed by atoms with van der Waals surface area (Å²) in [5.41, 5.74) is 0.291. The lowest BCUT2D eigenvalue weighted by molar-refractivity contribution is -0.119. The highest BCUT2D eigenvalue weighted by molar-refractivity contribution is 7.89. The van der Waals surface area contributed by atoms with Crippen molar-refractivity contribution in [1.82, 2.24) is 10.2 Å². The molecule has 1 aromatic rings. The zero-order valence-electron chi connectivity index (χ0n) is 13.4. The molecular formula is C16H21N3O4S. The molecule has 0 aromatic heterocycles. The standard InChI is InChI=1S/C16H21N3O4S/c1-10(20)18-15-9-19(8-14(15)11-5-6-11)16(21)12-3-2-4-13(7-12)24(17,22)23/h2-4,7,11,14-15H,5-6,8-9H2,1H3,(H,18,20)(H2,17,22,23)/t14-,15+/m1/s1. The van der Waals surface area contributed by atoms with E-state index in [4.69, 9.17) is 5.14 Å². The fourth-order valence-corrected chi connectivity index (χ4v) is 3.96. The van der Waals surface area contributed by atoms with Crippen molar-refractivity contribution in [2.75, 3.05) is 13.1 Å². The molecule has 2 amide bonds. The molecular weight excluding hydrogens is 330 g/mol. The Kier molecular flexibility index (Phi) is 4.35. The Hall–Kier alpha value is -1.93. The minimum absolute atomic E-state index is 0.0413. The van der Waals surface area contributed by atoms with Crippen molar-refractivity contribution in [3.05, 3.63) is 29.8 Å². The number of sulfonamides is 1. The molecule has 0 spiro atoms. The Morgan fingerprint density at radius 2 is 1.96 bits per heavy atom. The third-order valence-electron chi connectivity index (χ3n) is 4.68. The third kappa shape index (κ3) is 3.59. The Morgan fingerprint density at radius 3 is 2.54 bits per heavy atom. The van der Waals surface area contributed by atoms with Crippen LogP contribution in [0.25, 0.3) is 0 Å². The van der Waals surface area contributed by atoms with Gasteiger partial charge in [0.25, 0.3) is 5.91 Å². The molecule has 2 fully saturated rings. The first-order valence-electron chi connectivity index (χ1n) is 7.95. The van der Waals surface area contributed by atoms with Crippen molar-refractivity contribution in [3.63, 3.8) is 0 Å². The number of carbonyl (C=O) groups is 2. The Morgan fingerprint density at radius 1 is 1.25 bits per heavy atom. The molecule has 1 aliphatic heterocycles. The number of nitrogens with zero attached hydrogens (tertiary/aromatic N) is 1. The van der Waals surface area contributed by atoms with Gasteiger partial charge in [0.2, 0.25) is 15.9 Å². The van der Waals surface area contributed by atoms with Gasteiger partial charge < -0.3 is 10.2 Å². The summed E-state index contributed by atoms with van der Waals surface area (Å²) in [7, 11) is -3.85. The van der Waals surface area contributed by atoms with Crippen LogP contribution in [0.5, 0.6) is 0 Å². The van der Waals surface area contributed by atoms with E-state index in [1.54, 1.807) is 11.0 Å². The highest BCUT2D eigenvalue weighted by Crippen LogP contribution is 2.41. The van der Waals surface area contributed by atoms with Crippen LogP contribution >= 0.6 is 0 Å².